The highest BCUT2D eigenvalue weighted by atomic mass is 32.2. The van der Waals surface area contributed by atoms with E-state index in [0.29, 0.717) is 31.8 Å². The molecule has 3 rings (SSSR count). The van der Waals surface area contributed by atoms with Gasteiger partial charge in [0.25, 0.3) is 0 Å². The van der Waals surface area contributed by atoms with Gasteiger partial charge in [-0.25, -0.2) is 8.42 Å². The zero-order chi connectivity index (χ0) is 18.2. The highest BCUT2D eigenvalue weighted by molar-refractivity contribution is 7.93. The van der Waals surface area contributed by atoms with Crippen LogP contribution in [0.1, 0.15) is 63.5 Å². The number of carbonyl (C=O) groups is 1. The third-order valence-corrected chi connectivity index (χ3v) is 7.78. The molecule has 2 aliphatic rings. The van der Waals surface area contributed by atoms with Crippen molar-refractivity contribution in [3.05, 3.63) is 35.4 Å². The molecule has 5 heteroatoms. The first-order valence-electron chi connectivity index (χ1n) is 9.30. The molecule has 1 aromatic carbocycles. The molecular weight excluding hydrogens is 334 g/mol. The Morgan fingerprint density at radius 3 is 2.28 bits per heavy atom. The van der Waals surface area contributed by atoms with Crippen LogP contribution in [0.2, 0.25) is 0 Å². The zero-order valence-electron chi connectivity index (χ0n) is 15.5. The summed E-state index contributed by atoms with van der Waals surface area (Å²) in [4.78, 5) is 14.4. The predicted octanol–water partition coefficient (Wildman–Crippen LogP) is 3.27. The van der Waals surface area contributed by atoms with Gasteiger partial charge in [0.1, 0.15) is 5.25 Å². The van der Waals surface area contributed by atoms with Crippen LogP contribution >= 0.6 is 0 Å². The van der Waals surface area contributed by atoms with Crippen LogP contribution in [0, 0.1) is 0 Å². The largest absolute Gasteiger partial charge is 0.342 e. The van der Waals surface area contributed by atoms with Crippen molar-refractivity contribution in [2.75, 3.05) is 18.8 Å². The van der Waals surface area contributed by atoms with E-state index in [1.54, 1.807) is 4.90 Å². The highest BCUT2D eigenvalue weighted by Gasteiger charge is 2.40. The van der Waals surface area contributed by atoms with Crippen molar-refractivity contribution in [3.8, 4) is 0 Å². The minimum absolute atomic E-state index is 0.0987. The molecule has 2 saturated heterocycles. The Bertz CT molecular complexity index is 740. The molecule has 1 atom stereocenters. The lowest BCUT2D eigenvalue weighted by Gasteiger charge is -2.35. The summed E-state index contributed by atoms with van der Waals surface area (Å²) in [6.45, 7) is 8.02. The van der Waals surface area contributed by atoms with Gasteiger partial charge in [-0.1, -0.05) is 45.0 Å². The summed E-state index contributed by atoms with van der Waals surface area (Å²) < 4.78 is 24.1. The highest BCUT2D eigenvalue weighted by Crippen LogP contribution is 2.36. The van der Waals surface area contributed by atoms with Crippen LogP contribution in [0.25, 0.3) is 0 Å². The average Bonchev–Trinajstić information content (AvgIpc) is 2.93. The fraction of sp³-hybridized carbons (Fsp3) is 0.650. The van der Waals surface area contributed by atoms with Crippen LogP contribution in [0.4, 0.5) is 0 Å². The fourth-order valence-electron chi connectivity index (χ4n) is 4.22. The first-order chi connectivity index (χ1) is 11.7. The summed E-state index contributed by atoms with van der Waals surface area (Å²) >= 11 is 0. The van der Waals surface area contributed by atoms with E-state index >= 15 is 0 Å². The van der Waals surface area contributed by atoms with Gasteiger partial charge in [-0.15, -0.1) is 0 Å². The third-order valence-electron chi connectivity index (χ3n) is 5.62. The Hall–Kier alpha value is -1.36. The Labute approximate surface area is 151 Å². The normalized spacial score (nSPS) is 24.4. The van der Waals surface area contributed by atoms with Crippen LogP contribution in [0.3, 0.4) is 0 Å². The van der Waals surface area contributed by atoms with Gasteiger partial charge in [-0.05, 0) is 48.1 Å². The Morgan fingerprint density at radius 1 is 1.08 bits per heavy atom. The van der Waals surface area contributed by atoms with Gasteiger partial charge in [0.2, 0.25) is 5.91 Å². The van der Waals surface area contributed by atoms with E-state index in [4.69, 9.17) is 0 Å². The minimum atomic E-state index is -3.22. The first kappa shape index (κ1) is 18.4. The topological polar surface area (TPSA) is 54.5 Å². The molecule has 25 heavy (non-hydrogen) atoms. The van der Waals surface area contributed by atoms with Crippen molar-refractivity contribution >= 4 is 15.7 Å². The van der Waals surface area contributed by atoms with Crippen molar-refractivity contribution in [2.24, 2.45) is 0 Å². The lowest BCUT2D eigenvalue weighted by Crippen LogP contribution is -2.45. The van der Waals surface area contributed by atoms with E-state index in [9.17, 15) is 13.2 Å². The lowest BCUT2D eigenvalue weighted by atomic mass is 9.77. The van der Waals surface area contributed by atoms with Gasteiger partial charge in [-0.2, -0.15) is 0 Å². The molecule has 4 nitrogen and oxygen atoms in total. The number of nitrogens with zero attached hydrogens (tertiary/aromatic N) is 1. The molecule has 2 fully saturated rings. The molecular formula is C20H29NO3S. The maximum Gasteiger partial charge on any atom is 0.240 e. The number of carbonyl (C=O) groups excluding carboxylic acids is 1. The predicted molar refractivity (Wildman–Crippen MR) is 101 cm³/mol. The summed E-state index contributed by atoms with van der Waals surface area (Å²) in [5, 5.41) is -0.786. The van der Waals surface area contributed by atoms with Crippen LogP contribution in [-0.4, -0.2) is 43.3 Å². The molecule has 0 aliphatic carbocycles. The van der Waals surface area contributed by atoms with E-state index in [2.05, 4.69) is 45.0 Å². The molecule has 138 valence electrons. The number of sulfone groups is 1. The second kappa shape index (κ2) is 6.75. The smallest absolute Gasteiger partial charge is 0.240 e. The first-order valence-corrected chi connectivity index (χ1v) is 11.0. The summed E-state index contributed by atoms with van der Waals surface area (Å²) in [5.41, 5.74) is 2.86. The second-order valence-electron chi connectivity index (χ2n) is 8.43. The third kappa shape index (κ3) is 3.76. The van der Waals surface area contributed by atoms with Crippen LogP contribution in [0.15, 0.2) is 24.3 Å². The van der Waals surface area contributed by atoms with E-state index in [0.717, 1.165) is 12.8 Å². The number of benzene rings is 1. The van der Waals surface area contributed by atoms with Gasteiger partial charge in [0.05, 0.1) is 5.75 Å². The molecule has 1 aromatic rings. The van der Waals surface area contributed by atoms with Crippen molar-refractivity contribution in [1.29, 1.82) is 0 Å². The number of hydrogen-bond acceptors (Lipinski definition) is 3. The monoisotopic (exact) mass is 363 g/mol. The van der Waals surface area contributed by atoms with Crippen LogP contribution < -0.4 is 0 Å². The Kier molecular flexibility index (Phi) is 4.97. The second-order valence-corrected chi connectivity index (χ2v) is 10.7. The fourth-order valence-corrected chi connectivity index (χ4v) is 6.05. The maximum atomic E-state index is 12.6. The molecule has 1 amide bonds. The maximum absolute atomic E-state index is 12.6. The number of amides is 1. The van der Waals surface area contributed by atoms with E-state index < -0.39 is 15.1 Å². The van der Waals surface area contributed by atoms with E-state index in [1.807, 2.05) is 0 Å². The molecule has 0 saturated carbocycles. The Balaban J connectivity index is 1.70. The summed E-state index contributed by atoms with van der Waals surface area (Å²) in [7, 11) is -3.22. The summed E-state index contributed by atoms with van der Waals surface area (Å²) in [6, 6.07) is 8.60. The molecule has 0 N–H and O–H groups in total. The number of rotatable bonds is 2. The number of likely N-dealkylation sites (tertiary alicyclic amines) is 1. The quantitative estimate of drug-likeness (QED) is 0.810. The molecule has 2 aliphatic heterocycles. The molecule has 2 heterocycles. The lowest BCUT2D eigenvalue weighted by molar-refractivity contribution is -0.131. The van der Waals surface area contributed by atoms with Gasteiger partial charge in [-0.3, -0.25) is 4.79 Å². The van der Waals surface area contributed by atoms with Crippen molar-refractivity contribution in [3.63, 3.8) is 0 Å². The number of piperidine rings is 1. The van der Waals surface area contributed by atoms with E-state index in [-0.39, 0.29) is 17.1 Å². The van der Waals surface area contributed by atoms with E-state index in [1.165, 1.54) is 11.1 Å². The van der Waals surface area contributed by atoms with Gasteiger partial charge >= 0.3 is 0 Å². The Morgan fingerprint density at radius 2 is 1.72 bits per heavy atom. The standard InChI is InChI=1S/C20H29NO3S/c1-20(2,3)17-8-5-4-7-16(17)15-10-12-21(13-11-15)19(22)18-9-6-14-25(18,23)24/h4-5,7-8,15,18H,6,9-14H2,1-3H3. The van der Waals surface area contributed by atoms with Gasteiger partial charge in [0.15, 0.2) is 9.84 Å². The molecule has 0 aromatic heterocycles. The number of hydrogen-bond donors (Lipinski definition) is 0. The van der Waals surface area contributed by atoms with Crippen LogP contribution in [0.5, 0.6) is 0 Å². The van der Waals surface area contributed by atoms with Crippen LogP contribution in [-0.2, 0) is 20.0 Å². The molecule has 0 radical (unpaired) electrons. The average molecular weight is 364 g/mol. The molecule has 1 unspecified atom stereocenters. The van der Waals surface area contributed by atoms with Crippen molar-refractivity contribution in [2.45, 2.75) is 63.0 Å². The van der Waals surface area contributed by atoms with Gasteiger partial charge in [0, 0.05) is 13.1 Å². The van der Waals surface area contributed by atoms with Crippen molar-refractivity contribution < 1.29 is 13.2 Å². The SMILES string of the molecule is CC(C)(C)c1ccccc1C1CCN(C(=O)C2CCCS2(=O)=O)CC1. The summed E-state index contributed by atoms with van der Waals surface area (Å²) in [5.74, 6) is 0.443. The van der Waals surface area contributed by atoms with Crippen molar-refractivity contribution in [1.82, 2.24) is 4.90 Å². The summed E-state index contributed by atoms with van der Waals surface area (Å²) in [6.07, 6.45) is 2.93. The molecule has 0 spiro atoms. The zero-order valence-corrected chi connectivity index (χ0v) is 16.3. The van der Waals surface area contributed by atoms with Gasteiger partial charge < -0.3 is 4.90 Å². The molecule has 0 bridgehead atoms. The minimum Gasteiger partial charge on any atom is -0.342 e.